The van der Waals surface area contributed by atoms with E-state index in [0.717, 1.165) is 0 Å². The monoisotopic (exact) mass is 467 g/mol. The Hall–Kier alpha value is -2.00. The van der Waals surface area contributed by atoms with Gasteiger partial charge in [-0.1, -0.05) is 29.8 Å². The van der Waals surface area contributed by atoms with Crippen LogP contribution in [0.4, 0.5) is 4.39 Å². The Morgan fingerprint density at radius 3 is 2.35 bits per heavy atom. The lowest BCUT2D eigenvalue weighted by molar-refractivity contribution is -0.132. The molecule has 0 unspecified atom stereocenters. The average Bonchev–Trinajstić information content (AvgIpc) is 2.75. The lowest BCUT2D eigenvalue weighted by Crippen LogP contribution is -2.50. The van der Waals surface area contributed by atoms with Crippen molar-refractivity contribution in [1.82, 2.24) is 14.1 Å². The molecule has 1 aliphatic heterocycles. The van der Waals surface area contributed by atoms with E-state index in [0.29, 0.717) is 49.6 Å². The Kier molecular flexibility index (Phi) is 8.05. The lowest BCUT2D eigenvalue weighted by atomic mass is 10.2. The summed E-state index contributed by atoms with van der Waals surface area (Å²) >= 11 is 5.84. The van der Waals surface area contributed by atoms with Crippen molar-refractivity contribution < 1.29 is 17.6 Å². The largest absolute Gasteiger partial charge is 0.340 e. The maximum atomic E-state index is 13.7. The van der Waals surface area contributed by atoms with E-state index in [9.17, 15) is 17.6 Å². The highest BCUT2D eigenvalue weighted by atomic mass is 35.5. The maximum absolute atomic E-state index is 13.7. The summed E-state index contributed by atoms with van der Waals surface area (Å²) in [7, 11) is -1.69. The molecular formula is C22H27ClFN3O3S. The number of benzene rings is 2. The predicted molar refractivity (Wildman–Crippen MR) is 119 cm³/mol. The molecular weight excluding hydrogens is 441 g/mol. The second-order valence-corrected chi connectivity index (χ2v) is 10.0. The first-order chi connectivity index (χ1) is 14.8. The van der Waals surface area contributed by atoms with Crippen LogP contribution in [0.2, 0.25) is 5.02 Å². The zero-order valence-electron chi connectivity index (χ0n) is 17.5. The Labute approximate surface area is 188 Å². The Balaban J connectivity index is 1.43. The van der Waals surface area contributed by atoms with E-state index >= 15 is 0 Å². The summed E-state index contributed by atoms with van der Waals surface area (Å²) in [5.74, 6) is -0.209. The number of rotatable bonds is 8. The van der Waals surface area contributed by atoms with Gasteiger partial charge in [0.2, 0.25) is 15.9 Å². The molecule has 0 aromatic heterocycles. The number of amides is 1. The molecule has 0 saturated carbocycles. The summed E-state index contributed by atoms with van der Waals surface area (Å²) < 4.78 is 40.6. The van der Waals surface area contributed by atoms with Gasteiger partial charge in [-0.15, -0.1) is 0 Å². The quantitative estimate of drug-likeness (QED) is 0.598. The van der Waals surface area contributed by atoms with E-state index in [-0.39, 0.29) is 29.7 Å². The molecule has 1 heterocycles. The van der Waals surface area contributed by atoms with Crippen molar-refractivity contribution in [3.05, 3.63) is 64.9 Å². The molecule has 31 heavy (non-hydrogen) atoms. The highest BCUT2D eigenvalue weighted by Crippen LogP contribution is 2.20. The number of nitrogens with zero attached hydrogens (tertiary/aromatic N) is 3. The van der Waals surface area contributed by atoms with Crippen LogP contribution in [0.5, 0.6) is 0 Å². The fraction of sp³-hybridized carbons (Fsp3) is 0.409. The van der Waals surface area contributed by atoms with E-state index < -0.39 is 10.0 Å². The number of hydrogen-bond donors (Lipinski definition) is 0. The minimum Gasteiger partial charge on any atom is -0.340 e. The van der Waals surface area contributed by atoms with Gasteiger partial charge in [0, 0.05) is 49.7 Å². The molecule has 1 saturated heterocycles. The van der Waals surface area contributed by atoms with Gasteiger partial charge in [-0.2, -0.15) is 4.31 Å². The fourth-order valence-electron chi connectivity index (χ4n) is 3.59. The molecule has 1 aliphatic rings. The first-order valence-corrected chi connectivity index (χ1v) is 12.0. The number of halogens is 2. The smallest absolute Gasteiger partial charge is 0.243 e. The van der Waals surface area contributed by atoms with Gasteiger partial charge < -0.3 is 9.80 Å². The van der Waals surface area contributed by atoms with Crippen LogP contribution in [0, 0.1) is 5.82 Å². The second-order valence-electron chi connectivity index (χ2n) is 7.67. The third-order valence-electron chi connectivity index (χ3n) is 5.37. The van der Waals surface area contributed by atoms with Crippen LogP contribution in [0.25, 0.3) is 0 Å². The molecule has 0 N–H and O–H groups in total. The van der Waals surface area contributed by atoms with Crippen molar-refractivity contribution >= 4 is 27.5 Å². The Bertz CT molecular complexity index is 993. The van der Waals surface area contributed by atoms with Gasteiger partial charge in [0.05, 0.1) is 4.90 Å². The molecule has 168 valence electrons. The molecule has 2 aromatic carbocycles. The molecule has 1 amide bonds. The van der Waals surface area contributed by atoms with Gasteiger partial charge in [0.15, 0.2) is 0 Å². The fourth-order valence-corrected chi connectivity index (χ4v) is 5.14. The molecule has 0 atom stereocenters. The number of carbonyl (C=O) groups is 1. The van der Waals surface area contributed by atoms with Crippen LogP contribution in [0.1, 0.15) is 18.4 Å². The van der Waals surface area contributed by atoms with E-state index in [2.05, 4.69) is 0 Å². The zero-order valence-corrected chi connectivity index (χ0v) is 19.1. The molecule has 0 spiro atoms. The van der Waals surface area contributed by atoms with Crippen molar-refractivity contribution in [2.24, 2.45) is 0 Å². The van der Waals surface area contributed by atoms with E-state index in [1.165, 1.54) is 22.5 Å². The summed E-state index contributed by atoms with van der Waals surface area (Å²) in [4.78, 5) is 16.4. The predicted octanol–water partition coefficient (Wildman–Crippen LogP) is 3.22. The van der Waals surface area contributed by atoms with E-state index in [1.807, 2.05) is 18.0 Å². The summed E-state index contributed by atoms with van der Waals surface area (Å²) in [6.45, 7) is 2.44. The van der Waals surface area contributed by atoms with Crippen molar-refractivity contribution in [2.45, 2.75) is 24.3 Å². The van der Waals surface area contributed by atoms with Gasteiger partial charge >= 0.3 is 0 Å². The first kappa shape index (κ1) is 23.7. The normalized spacial score (nSPS) is 15.4. The zero-order chi connectivity index (χ0) is 22.4. The van der Waals surface area contributed by atoms with Gasteiger partial charge in [-0.25, -0.2) is 12.8 Å². The van der Waals surface area contributed by atoms with Crippen LogP contribution in [0.15, 0.2) is 53.4 Å². The molecule has 0 bridgehead atoms. The third kappa shape index (κ3) is 6.26. The minimum absolute atomic E-state index is 0.0165. The van der Waals surface area contributed by atoms with Crippen LogP contribution in [-0.2, 0) is 21.4 Å². The molecule has 0 aliphatic carbocycles. The van der Waals surface area contributed by atoms with Crippen molar-refractivity contribution in [1.29, 1.82) is 0 Å². The van der Waals surface area contributed by atoms with Crippen molar-refractivity contribution in [3.8, 4) is 0 Å². The second kappa shape index (κ2) is 10.5. The van der Waals surface area contributed by atoms with Crippen LogP contribution in [-0.4, -0.2) is 68.2 Å². The lowest BCUT2D eigenvalue weighted by Gasteiger charge is -2.34. The van der Waals surface area contributed by atoms with Crippen molar-refractivity contribution in [3.63, 3.8) is 0 Å². The highest BCUT2D eigenvalue weighted by Gasteiger charge is 2.29. The summed E-state index contributed by atoms with van der Waals surface area (Å²) in [6.07, 6.45) is 1.04. The molecule has 2 aromatic rings. The Morgan fingerprint density at radius 1 is 1.06 bits per heavy atom. The van der Waals surface area contributed by atoms with Crippen LogP contribution < -0.4 is 0 Å². The van der Waals surface area contributed by atoms with Crippen molar-refractivity contribution in [2.75, 3.05) is 39.8 Å². The number of piperazine rings is 1. The number of carbonyl (C=O) groups excluding carboxylic acids is 1. The van der Waals surface area contributed by atoms with Gasteiger partial charge in [-0.05, 0) is 50.3 Å². The van der Waals surface area contributed by atoms with Crippen LogP contribution >= 0.6 is 11.6 Å². The summed E-state index contributed by atoms with van der Waals surface area (Å²) in [5, 5.41) is 0.480. The van der Waals surface area contributed by atoms with Crippen LogP contribution in [0.3, 0.4) is 0 Å². The molecule has 1 fully saturated rings. The first-order valence-electron chi connectivity index (χ1n) is 10.2. The van der Waals surface area contributed by atoms with E-state index in [1.54, 1.807) is 29.2 Å². The minimum atomic E-state index is -3.59. The van der Waals surface area contributed by atoms with E-state index in [4.69, 9.17) is 11.6 Å². The third-order valence-corrected chi connectivity index (χ3v) is 7.54. The SMILES string of the molecule is CN(CCCC(=O)N1CCN(S(=O)(=O)c2ccc(Cl)cc2)CC1)Cc1ccccc1F. The summed E-state index contributed by atoms with van der Waals surface area (Å²) in [5.41, 5.74) is 0.634. The molecule has 9 heteroatoms. The standard InChI is InChI=1S/C22H27ClFN3O3S/c1-25(17-18-5-2-3-6-21(18)24)12-4-7-22(28)26-13-15-27(16-14-26)31(29,30)20-10-8-19(23)9-11-20/h2-3,5-6,8-11H,4,7,12-17H2,1H3. The highest BCUT2D eigenvalue weighted by molar-refractivity contribution is 7.89. The number of hydrogen-bond acceptors (Lipinski definition) is 4. The maximum Gasteiger partial charge on any atom is 0.243 e. The summed E-state index contributed by atoms with van der Waals surface area (Å²) in [6, 6.07) is 12.8. The van der Waals surface area contributed by atoms with Gasteiger partial charge in [-0.3, -0.25) is 4.79 Å². The topological polar surface area (TPSA) is 60.9 Å². The average molecular weight is 468 g/mol. The molecule has 6 nitrogen and oxygen atoms in total. The Morgan fingerprint density at radius 2 is 1.71 bits per heavy atom. The molecule has 3 rings (SSSR count). The molecule has 0 radical (unpaired) electrons. The van der Waals surface area contributed by atoms with Gasteiger partial charge in [0.25, 0.3) is 0 Å². The van der Waals surface area contributed by atoms with Gasteiger partial charge in [0.1, 0.15) is 5.82 Å². The number of sulfonamides is 1.